The molecule has 0 amide bonds. The van der Waals surface area contributed by atoms with Gasteiger partial charge in [0.05, 0.1) is 0 Å². The molecule has 0 spiro atoms. The van der Waals surface area contributed by atoms with E-state index in [4.69, 9.17) is 11.6 Å². The van der Waals surface area contributed by atoms with Crippen LogP contribution in [0.25, 0.3) is 0 Å². The monoisotopic (exact) mass is 158 g/mol. The number of hydrogen-bond acceptors (Lipinski definition) is 1. The Kier molecular flexibility index (Phi) is 2.14. The maximum Gasteiger partial charge on any atom is 0.127 e. The summed E-state index contributed by atoms with van der Waals surface area (Å²) in [6.45, 7) is 1.90. The van der Waals surface area contributed by atoms with E-state index >= 15 is 0 Å². The van der Waals surface area contributed by atoms with Crippen molar-refractivity contribution in [2.24, 2.45) is 5.41 Å². The number of carbonyl (C=O) groups excluding carboxylic acids is 1. The lowest BCUT2D eigenvalue weighted by atomic mass is 9.80. The number of hydrogen-bond donors (Lipinski definition) is 0. The van der Waals surface area contributed by atoms with Crippen LogP contribution in [0.2, 0.25) is 0 Å². The summed E-state index contributed by atoms with van der Waals surface area (Å²) < 4.78 is 0. The van der Waals surface area contributed by atoms with Crippen LogP contribution >= 0.6 is 11.6 Å². The first-order chi connectivity index (χ1) is 4.69. The Morgan fingerprint density at radius 3 is 2.80 bits per heavy atom. The second kappa shape index (κ2) is 2.75. The summed E-state index contributed by atoms with van der Waals surface area (Å²) in [7, 11) is 0. The van der Waals surface area contributed by atoms with Crippen LogP contribution in [0.3, 0.4) is 0 Å². The van der Waals surface area contributed by atoms with E-state index in [1.165, 1.54) is 0 Å². The quantitative estimate of drug-likeness (QED) is 0.325. The van der Waals surface area contributed by atoms with Crippen LogP contribution in [0.1, 0.15) is 19.8 Å². The molecule has 2 heteroatoms. The molecular weight excluding hydrogens is 148 g/mol. The molecule has 0 aromatic rings. The van der Waals surface area contributed by atoms with E-state index in [1.807, 2.05) is 19.1 Å². The lowest BCUT2D eigenvalue weighted by molar-refractivity contribution is -0.115. The number of aldehydes is 1. The largest absolute Gasteiger partial charge is 0.303 e. The lowest BCUT2D eigenvalue weighted by Gasteiger charge is -2.29. The standard InChI is InChI=1S/C8H11ClO/c1-8(6-10)5-3-2-4-7(8)9/h2-3,6-7H,4-5H2,1H3. The van der Waals surface area contributed by atoms with Gasteiger partial charge in [-0.1, -0.05) is 19.1 Å². The molecule has 0 N–H and O–H groups in total. The Balaban J connectivity index is 2.75. The van der Waals surface area contributed by atoms with E-state index in [0.717, 1.165) is 19.1 Å². The molecule has 0 aromatic carbocycles. The molecule has 10 heavy (non-hydrogen) atoms. The number of rotatable bonds is 1. The third kappa shape index (κ3) is 1.24. The molecule has 1 aliphatic carbocycles. The Bertz CT molecular complexity index is 165. The normalized spacial score (nSPS) is 39.6. The summed E-state index contributed by atoms with van der Waals surface area (Å²) in [5.74, 6) is 0. The fourth-order valence-electron chi connectivity index (χ4n) is 1.07. The number of halogens is 1. The van der Waals surface area contributed by atoms with E-state index in [0.29, 0.717) is 0 Å². The second-order valence-corrected chi connectivity index (χ2v) is 3.53. The summed E-state index contributed by atoms with van der Waals surface area (Å²) in [5.41, 5.74) is -0.323. The molecule has 2 atom stereocenters. The zero-order valence-corrected chi connectivity index (χ0v) is 6.77. The number of carbonyl (C=O) groups is 1. The van der Waals surface area contributed by atoms with Gasteiger partial charge in [-0.2, -0.15) is 0 Å². The van der Waals surface area contributed by atoms with Gasteiger partial charge in [0.2, 0.25) is 0 Å². The van der Waals surface area contributed by atoms with E-state index in [2.05, 4.69) is 0 Å². The van der Waals surface area contributed by atoms with Gasteiger partial charge in [0.25, 0.3) is 0 Å². The van der Waals surface area contributed by atoms with Gasteiger partial charge in [0.1, 0.15) is 6.29 Å². The Labute approximate surface area is 66.1 Å². The highest BCUT2D eigenvalue weighted by Crippen LogP contribution is 2.33. The van der Waals surface area contributed by atoms with Gasteiger partial charge in [0, 0.05) is 10.8 Å². The van der Waals surface area contributed by atoms with Crippen LogP contribution in [0, 0.1) is 5.41 Å². The predicted octanol–water partition coefficient (Wildman–Crippen LogP) is 2.15. The second-order valence-electron chi connectivity index (χ2n) is 3.00. The first-order valence-corrected chi connectivity index (χ1v) is 3.88. The van der Waals surface area contributed by atoms with Crippen LogP contribution in [0.4, 0.5) is 0 Å². The highest BCUT2D eigenvalue weighted by molar-refractivity contribution is 6.22. The van der Waals surface area contributed by atoms with Gasteiger partial charge in [-0.3, -0.25) is 0 Å². The fourth-order valence-corrected chi connectivity index (χ4v) is 1.32. The zero-order valence-electron chi connectivity index (χ0n) is 6.01. The minimum Gasteiger partial charge on any atom is -0.303 e. The third-order valence-corrected chi connectivity index (χ3v) is 2.73. The van der Waals surface area contributed by atoms with Crippen LogP contribution in [0.15, 0.2) is 12.2 Å². The SMILES string of the molecule is CC1(C=O)CC=CCC1Cl. The van der Waals surface area contributed by atoms with E-state index in [1.54, 1.807) is 0 Å². The Hall–Kier alpha value is -0.300. The van der Waals surface area contributed by atoms with Crippen molar-refractivity contribution in [2.75, 3.05) is 0 Å². The molecule has 0 bridgehead atoms. The van der Waals surface area contributed by atoms with Gasteiger partial charge in [0.15, 0.2) is 0 Å². The topological polar surface area (TPSA) is 17.1 Å². The Morgan fingerprint density at radius 1 is 1.70 bits per heavy atom. The average Bonchev–Trinajstić information content (AvgIpc) is 1.96. The van der Waals surface area contributed by atoms with Crippen molar-refractivity contribution in [3.63, 3.8) is 0 Å². The molecule has 0 saturated carbocycles. The smallest absolute Gasteiger partial charge is 0.127 e. The highest BCUT2D eigenvalue weighted by atomic mass is 35.5. The maximum atomic E-state index is 10.6. The van der Waals surface area contributed by atoms with Crippen molar-refractivity contribution in [2.45, 2.75) is 25.1 Å². The predicted molar refractivity (Wildman–Crippen MR) is 42.2 cm³/mol. The number of allylic oxidation sites excluding steroid dienone is 2. The van der Waals surface area contributed by atoms with Crippen LogP contribution in [0.5, 0.6) is 0 Å². The van der Waals surface area contributed by atoms with E-state index < -0.39 is 0 Å². The zero-order chi connectivity index (χ0) is 7.61. The van der Waals surface area contributed by atoms with E-state index in [-0.39, 0.29) is 10.8 Å². The third-order valence-electron chi connectivity index (χ3n) is 2.05. The minimum absolute atomic E-state index is 0.0185. The molecule has 0 saturated heterocycles. The van der Waals surface area contributed by atoms with E-state index in [9.17, 15) is 4.79 Å². The van der Waals surface area contributed by atoms with Crippen molar-refractivity contribution in [3.05, 3.63) is 12.2 Å². The molecule has 56 valence electrons. The van der Waals surface area contributed by atoms with Gasteiger partial charge < -0.3 is 4.79 Å². The molecule has 1 nitrogen and oxygen atoms in total. The van der Waals surface area contributed by atoms with Crippen molar-refractivity contribution >= 4 is 17.9 Å². The van der Waals surface area contributed by atoms with Crippen LogP contribution in [-0.2, 0) is 4.79 Å². The molecule has 0 radical (unpaired) electrons. The molecule has 1 rings (SSSR count). The summed E-state index contributed by atoms with van der Waals surface area (Å²) >= 11 is 5.94. The first-order valence-electron chi connectivity index (χ1n) is 3.44. The molecule has 2 unspecified atom stereocenters. The maximum absolute atomic E-state index is 10.6. The van der Waals surface area contributed by atoms with Crippen molar-refractivity contribution in [3.8, 4) is 0 Å². The number of alkyl halides is 1. The van der Waals surface area contributed by atoms with Crippen molar-refractivity contribution in [1.29, 1.82) is 0 Å². The van der Waals surface area contributed by atoms with Crippen molar-refractivity contribution in [1.82, 2.24) is 0 Å². The molecule has 0 aliphatic heterocycles. The van der Waals surface area contributed by atoms with Gasteiger partial charge >= 0.3 is 0 Å². The molecular formula is C8H11ClO. The Morgan fingerprint density at radius 2 is 2.40 bits per heavy atom. The minimum atomic E-state index is -0.323. The van der Waals surface area contributed by atoms with Crippen molar-refractivity contribution < 1.29 is 4.79 Å². The lowest BCUT2D eigenvalue weighted by Crippen LogP contribution is -2.30. The highest BCUT2D eigenvalue weighted by Gasteiger charge is 2.32. The summed E-state index contributed by atoms with van der Waals surface area (Å²) in [6.07, 6.45) is 6.62. The average molecular weight is 159 g/mol. The summed E-state index contributed by atoms with van der Waals surface area (Å²) in [5, 5.41) is -0.0185. The molecule has 1 aliphatic rings. The van der Waals surface area contributed by atoms with Gasteiger partial charge in [-0.25, -0.2) is 0 Å². The molecule has 0 aromatic heterocycles. The molecule has 0 fully saturated rings. The molecule has 0 heterocycles. The van der Waals surface area contributed by atoms with Crippen LogP contribution < -0.4 is 0 Å². The summed E-state index contributed by atoms with van der Waals surface area (Å²) in [6, 6.07) is 0. The summed E-state index contributed by atoms with van der Waals surface area (Å²) in [4.78, 5) is 10.6. The fraction of sp³-hybridized carbons (Fsp3) is 0.625. The van der Waals surface area contributed by atoms with Gasteiger partial charge in [-0.15, -0.1) is 11.6 Å². The first kappa shape index (κ1) is 7.80. The van der Waals surface area contributed by atoms with Gasteiger partial charge in [-0.05, 0) is 12.8 Å². The van der Waals surface area contributed by atoms with Crippen LogP contribution in [-0.4, -0.2) is 11.7 Å².